The average molecular weight is 330 g/mol. The molecule has 7 nitrogen and oxygen atoms in total. The number of hydrogen-bond donors (Lipinski definition) is 2. The van der Waals surface area contributed by atoms with Crippen molar-refractivity contribution in [2.45, 2.75) is 38.6 Å². The van der Waals surface area contributed by atoms with Gasteiger partial charge in [0.1, 0.15) is 5.54 Å². The number of anilines is 1. The third-order valence-electron chi connectivity index (χ3n) is 4.75. The van der Waals surface area contributed by atoms with Gasteiger partial charge in [-0.3, -0.25) is 15.0 Å². The van der Waals surface area contributed by atoms with E-state index in [0.29, 0.717) is 6.42 Å². The number of hydrogen-bond acceptors (Lipinski definition) is 4. The Balaban J connectivity index is 1.67. The highest BCUT2D eigenvalue weighted by Gasteiger charge is 2.47. The molecule has 0 aliphatic carbocycles. The fourth-order valence-corrected chi connectivity index (χ4v) is 3.13. The van der Waals surface area contributed by atoms with Crippen molar-refractivity contribution >= 4 is 23.5 Å². The molecule has 24 heavy (non-hydrogen) atoms. The topological polar surface area (TPSA) is 81.8 Å². The maximum absolute atomic E-state index is 12.3. The van der Waals surface area contributed by atoms with E-state index in [-0.39, 0.29) is 12.5 Å². The molecule has 128 valence electrons. The Morgan fingerprint density at radius 1 is 1.33 bits per heavy atom. The van der Waals surface area contributed by atoms with Crippen LogP contribution in [0.5, 0.6) is 0 Å². The van der Waals surface area contributed by atoms with Gasteiger partial charge in [-0.05, 0) is 37.8 Å². The van der Waals surface area contributed by atoms with Crippen molar-refractivity contribution < 1.29 is 14.4 Å². The first-order valence-corrected chi connectivity index (χ1v) is 8.23. The first-order chi connectivity index (χ1) is 11.4. The number of aryl methyl sites for hydroxylation is 1. The largest absolute Gasteiger partial charge is 0.362 e. The molecule has 0 radical (unpaired) electrons. The quantitative estimate of drug-likeness (QED) is 0.813. The fourth-order valence-electron chi connectivity index (χ4n) is 3.13. The van der Waals surface area contributed by atoms with Gasteiger partial charge in [-0.15, -0.1) is 0 Å². The Bertz CT molecular complexity index is 690. The minimum absolute atomic E-state index is 0.108. The van der Waals surface area contributed by atoms with Crippen molar-refractivity contribution in [2.24, 2.45) is 0 Å². The van der Waals surface area contributed by atoms with Gasteiger partial charge < -0.3 is 10.2 Å². The van der Waals surface area contributed by atoms with Gasteiger partial charge in [0.15, 0.2) is 0 Å². The lowest BCUT2D eigenvalue weighted by Crippen LogP contribution is -2.51. The van der Waals surface area contributed by atoms with E-state index >= 15 is 0 Å². The summed E-state index contributed by atoms with van der Waals surface area (Å²) in [6.07, 6.45) is 2.43. The van der Waals surface area contributed by atoms with Crippen molar-refractivity contribution in [3.63, 3.8) is 0 Å². The van der Waals surface area contributed by atoms with Crippen LogP contribution in [0.25, 0.3) is 0 Å². The van der Waals surface area contributed by atoms with Crippen molar-refractivity contribution in [3.8, 4) is 0 Å². The maximum Gasteiger partial charge on any atom is 0.344 e. The lowest BCUT2D eigenvalue weighted by atomic mass is 10.00. The zero-order valence-corrected chi connectivity index (χ0v) is 14.0. The molecule has 1 fully saturated rings. The lowest BCUT2D eigenvalue weighted by Gasteiger charge is -2.31. The summed E-state index contributed by atoms with van der Waals surface area (Å²) < 4.78 is 0. The van der Waals surface area contributed by atoms with E-state index in [9.17, 15) is 14.4 Å². The van der Waals surface area contributed by atoms with E-state index in [1.807, 2.05) is 30.0 Å². The summed E-state index contributed by atoms with van der Waals surface area (Å²) >= 11 is 0. The monoisotopic (exact) mass is 330 g/mol. The highest BCUT2D eigenvalue weighted by atomic mass is 16.2. The number of hydrazine groups is 1. The maximum atomic E-state index is 12.3. The molecule has 1 unspecified atom stereocenters. The highest BCUT2D eigenvalue weighted by Crippen LogP contribution is 2.26. The number of fused-ring (bicyclic) bond motifs is 1. The normalized spacial score (nSPS) is 23.1. The molecule has 1 saturated heterocycles. The molecule has 2 heterocycles. The summed E-state index contributed by atoms with van der Waals surface area (Å²) in [5.74, 6) is -0.807. The Hall–Kier alpha value is -2.57. The SMILES string of the molecule is CCC1(C)NC(=O)N(NC(=O)CN2CCCc3ccccc32)C1=O. The van der Waals surface area contributed by atoms with E-state index in [4.69, 9.17) is 0 Å². The molecule has 2 aliphatic heterocycles. The number of amides is 4. The fraction of sp³-hybridized carbons (Fsp3) is 0.471. The van der Waals surface area contributed by atoms with Crippen LogP contribution in [0.4, 0.5) is 10.5 Å². The second kappa shape index (κ2) is 6.14. The van der Waals surface area contributed by atoms with Gasteiger partial charge in [0.25, 0.3) is 11.8 Å². The summed E-state index contributed by atoms with van der Waals surface area (Å²) in [5, 5.41) is 3.41. The number of urea groups is 1. The molecule has 1 aromatic carbocycles. The molecule has 7 heteroatoms. The van der Waals surface area contributed by atoms with Crippen molar-refractivity contribution in [3.05, 3.63) is 29.8 Å². The molecule has 4 amide bonds. The number of para-hydroxylation sites is 1. The number of benzene rings is 1. The van der Waals surface area contributed by atoms with Crippen LogP contribution in [0.15, 0.2) is 24.3 Å². The number of carbonyl (C=O) groups excluding carboxylic acids is 3. The molecule has 2 N–H and O–H groups in total. The molecule has 1 aromatic rings. The van der Waals surface area contributed by atoms with Crippen molar-refractivity contribution in [1.29, 1.82) is 0 Å². The molecule has 0 spiro atoms. The van der Waals surface area contributed by atoms with E-state index in [1.54, 1.807) is 6.92 Å². The second-order valence-corrected chi connectivity index (χ2v) is 6.45. The number of carbonyl (C=O) groups is 3. The van der Waals surface area contributed by atoms with Crippen molar-refractivity contribution in [1.82, 2.24) is 15.8 Å². The summed E-state index contributed by atoms with van der Waals surface area (Å²) in [7, 11) is 0. The van der Waals surface area contributed by atoms with Gasteiger partial charge in [-0.2, -0.15) is 5.01 Å². The number of nitrogens with zero attached hydrogens (tertiary/aromatic N) is 2. The van der Waals surface area contributed by atoms with Crippen LogP contribution < -0.4 is 15.6 Å². The molecule has 0 aromatic heterocycles. The standard InChI is InChI=1S/C17H22N4O3/c1-3-17(2)15(23)21(16(24)18-17)19-14(22)11-20-10-6-8-12-7-4-5-9-13(12)20/h4-5,7,9H,3,6,8,10-11H2,1-2H3,(H,18,24)(H,19,22). The zero-order valence-electron chi connectivity index (χ0n) is 14.0. The first-order valence-electron chi connectivity index (χ1n) is 8.23. The van der Waals surface area contributed by atoms with Crippen LogP contribution in [-0.4, -0.2) is 41.5 Å². The van der Waals surface area contributed by atoms with Gasteiger partial charge >= 0.3 is 6.03 Å². The van der Waals surface area contributed by atoms with Gasteiger partial charge in [0.2, 0.25) is 0 Å². The van der Waals surface area contributed by atoms with Gasteiger partial charge in [0.05, 0.1) is 6.54 Å². The molecule has 0 bridgehead atoms. The number of nitrogens with one attached hydrogen (secondary N) is 2. The van der Waals surface area contributed by atoms with Crippen molar-refractivity contribution in [2.75, 3.05) is 18.0 Å². The van der Waals surface area contributed by atoms with Crippen LogP contribution >= 0.6 is 0 Å². The average Bonchev–Trinajstić information content (AvgIpc) is 2.79. The smallest absolute Gasteiger partial charge is 0.344 e. The van der Waals surface area contributed by atoms with Crippen LogP contribution in [0.1, 0.15) is 32.3 Å². The second-order valence-electron chi connectivity index (χ2n) is 6.45. The summed E-state index contributed by atoms with van der Waals surface area (Å²) in [6.45, 7) is 4.35. The number of imide groups is 1. The number of rotatable bonds is 4. The van der Waals surface area contributed by atoms with E-state index in [1.165, 1.54) is 5.56 Å². The zero-order chi connectivity index (χ0) is 17.3. The molecular formula is C17H22N4O3. The summed E-state index contributed by atoms with van der Waals surface area (Å²) in [4.78, 5) is 38.6. The van der Waals surface area contributed by atoms with Crippen LogP contribution in [-0.2, 0) is 16.0 Å². The molecule has 3 rings (SSSR count). The highest BCUT2D eigenvalue weighted by molar-refractivity contribution is 6.07. The Morgan fingerprint density at radius 3 is 2.79 bits per heavy atom. The summed E-state index contributed by atoms with van der Waals surface area (Å²) in [5.41, 5.74) is 3.73. The van der Waals surface area contributed by atoms with Crippen LogP contribution in [0.2, 0.25) is 0 Å². The lowest BCUT2D eigenvalue weighted by molar-refractivity contribution is -0.138. The molecule has 1 atom stereocenters. The molecule has 2 aliphatic rings. The minimum Gasteiger partial charge on any atom is -0.362 e. The van der Waals surface area contributed by atoms with Gasteiger partial charge in [-0.25, -0.2) is 4.79 Å². The summed E-state index contributed by atoms with van der Waals surface area (Å²) in [6, 6.07) is 7.39. The van der Waals surface area contributed by atoms with E-state index in [0.717, 1.165) is 30.1 Å². The predicted octanol–water partition coefficient (Wildman–Crippen LogP) is 1.19. The van der Waals surface area contributed by atoms with Gasteiger partial charge in [0, 0.05) is 12.2 Å². The Kier molecular flexibility index (Phi) is 4.17. The van der Waals surface area contributed by atoms with E-state index in [2.05, 4.69) is 16.8 Å². The van der Waals surface area contributed by atoms with E-state index < -0.39 is 17.5 Å². The first kappa shape index (κ1) is 16.3. The minimum atomic E-state index is -0.956. The third-order valence-corrected chi connectivity index (χ3v) is 4.75. The Labute approximate surface area is 141 Å². The van der Waals surface area contributed by atoms with Gasteiger partial charge in [-0.1, -0.05) is 25.1 Å². The predicted molar refractivity (Wildman–Crippen MR) is 89.2 cm³/mol. The van der Waals surface area contributed by atoms with Crippen LogP contribution in [0, 0.1) is 0 Å². The molecule has 0 saturated carbocycles. The molecular weight excluding hydrogens is 308 g/mol. The third kappa shape index (κ3) is 2.81. The Morgan fingerprint density at radius 2 is 2.08 bits per heavy atom. The van der Waals surface area contributed by atoms with Crippen LogP contribution in [0.3, 0.4) is 0 Å².